The summed E-state index contributed by atoms with van der Waals surface area (Å²) in [5, 5.41) is 4.24. The number of ether oxygens (including phenoxy) is 1. The largest absolute Gasteiger partial charge is 0.491 e. The molecule has 0 atom stereocenters. The van der Waals surface area contributed by atoms with Crippen molar-refractivity contribution in [2.75, 3.05) is 6.61 Å². The Bertz CT molecular complexity index is 910. The minimum Gasteiger partial charge on any atom is -0.491 e. The van der Waals surface area contributed by atoms with Crippen LogP contribution in [-0.4, -0.2) is 37.2 Å². The predicted molar refractivity (Wildman–Crippen MR) is 87.9 cm³/mol. The van der Waals surface area contributed by atoms with Crippen molar-refractivity contribution in [2.24, 2.45) is 0 Å². The molecule has 0 saturated carbocycles. The van der Waals surface area contributed by atoms with Crippen LogP contribution in [0.5, 0.6) is 5.75 Å². The van der Waals surface area contributed by atoms with Gasteiger partial charge in [0.2, 0.25) is 5.82 Å². The zero-order chi connectivity index (χ0) is 16.7. The van der Waals surface area contributed by atoms with Crippen LogP contribution in [0.3, 0.4) is 0 Å². The van der Waals surface area contributed by atoms with E-state index < -0.39 is 0 Å². The molecule has 2 aromatic heterocycles. The minimum atomic E-state index is 0.0818. The Morgan fingerprint density at radius 2 is 2.04 bits per heavy atom. The Labute approximate surface area is 138 Å². The summed E-state index contributed by atoms with van der Waals surface area (Å²) in [7, 11) is 0. The first-order chi connectivity index (χ1) is 11.7. The molecule has 0 fully saturated rings. The van der Waals surface area contributed by atoms with Gasteiger partial charge in [-0.1, -0.05) is 12.1 Å². The first kappa shape index (κ1) is 14.6. The van der Waals surface area contributed by atoms with E-state index in [2.05, 4.69) is 14.6 Å². The molecule has 1 aromatic carbocycles. The molecular formula is C17H17N5O2. The van der Waals surface area contributed by atoms with Crippen LogP contribution in [0, 0.1) is 0 Å². The summed E-state index contributed by atoms with van der Waals surface area (Å²) in [6.07, 6.45) is 2.60. The van der Waals surface area contributed by atoms with Crippen LogP contribution in [0.15, 0.2) is 30.5 Å². The van der Waals surface area contributed by atoms with E-state index in [0.29, 0.717) is 31.0 Å². The molecule has 0 aliphatic carbocycles. The van der Waals surface area contributed by atoms with Gasteiger partial charge in [0, 0.05) is 12.2 Å². The number of benzene rings is 1. The van der Waals surface area contributed by atoms with E-state index >= 15 is 0 Å². The van der Waals surface area contributed by atoms with Gasteiger partial charge in [-0.2, -0.15) is 0 Å². The molecule has 4 rings (SSSR count). The van der Waals surface area contributed by atoms with Crippen LogP contribution in [0.4, 0.5) is 0 Å². The Hall–Kier alpha value is -2.96. The molecular weight excluding hydrogens is 306 g/mol. The van der Waals surface area contributed by atoms with E-state index in [9.17, 15) is 4.79 Å². The summed E-state index contributed by atoms with van der Waals surface area (Å²) in [5.74, 6) is 2.44. The number of carbonyl (C=O) groups excluding carboxylic acids is 1. The molecule has 0 radical (unpaired) electrons. The van der Waals surface area contributed by atoms with E-state index in [1.54, 1.807) is 4.68 Å². The first-order valence-electron chi connectivity index (χ1n) is 7.89. The number of fused-ring (bicyclic) bond motifs is 3. The molecule has 24 heavy (non-hydrogen) atoms. The van der Waals surface area contributed by atoms with Gasteiger partial charge in [-0.3, -0.25) is 4.79 Å². The second kappa shape index (κ2) is 5.59. The van der Waals surface area contributed by atoms with Crippen molar-refractivity contribution in [1.29, 1.82) is 0 Å². The van der Waals surface area contributed by atoms with Crippen molar-refractivity contribution in [2.45, 2.75) is 26.4 Å². The number of carbonyl (C=O) groups is 1. The third-order valence-electron chi connectivity index (χ3n) is 3.97. The van der Waals surface area contributed by atoms with Crippen LogP contribution >= 0.6 is 0 Å². The molecule has 0 amide bonds. The fraction of sp³-hybridized carbons (Fsp3) is 0.294. The van der Waals surface area contributed by atoms with Gasteiger partial charge in [-0.15, -0.1) is 5.10 Å². The smallest absolute Gasteiger partial charge is 0.214 e. The summed E-state index contributed by atoms with van der Waals surface area (Å²) in [6.45, 7) is 5.28. The summed E-state index contributed by atoms with van der Waals surface area (Å²) >= 11 is 0. The van der Waals surface area contributed by atoms with Crippen LogP contribution in [-0.2, 0) is 6.54 Å². The highest BCUT2D eigenvalue weighted by atomic mass is 16.5. The Morgan fingerprint density at radius 1 is 1.21 bits per heavy atom. The monoisotopic (exact) mass is 323 g/mol. The normalized spacial score (nSPS) is 13.1. The van der Waals surface area contributed by atoms with Gasteiger partial charge < -0.3 is 9.30 Å². The van der Waals surface area contributed by atoms with Crippen LogP contribution in [0.25, 0.3) is 22.9 Å². The summed E-state index contributed by atoms with van der Waals surface area (Å²) in [4.78, 5) is 20.1. The number of hydrogen-bond donors (Lipinski definition) is 0. The molecule has 0 saturated heterocycles. The van der Waals surface area contributed by atoms with E-state index in [-0.39, 0.29) is 11.9 Å². The third kappa shape index (κ3) is 2.29. The Morgan fingerprint density at radius 3 is 2.83 bits per heavy atom. The van der Waals surface area contributed by atoms with Gasteiger partial charge >= 0.3 is 0 Å². The van der Waals surface area contributed by atoms with Gasteiger partial charge in [0.25, 0.3) is 0 Å². The lowest BCUT2D eigenvalue weighted by atomic mass is 10.2. The number of rotatable bonds is 3. The summed E-state index contributed by atoms with van der Waals surface area (Å²) in [5.41, 5.74) is 1.66. The van der Waals surface area contributed by atoms with Crippen molar-refractivity contribution in [3.63, 3.8) is 0 Å². The molecule has 1 aliphatic rings. The highest BCUT2D eigenvalue weighted by Crippen LogP contribution is 2.33. The predicted octanol–water partition coefficient (Wildman–Crippen LogP) is 2.59. The molecule has 0 bridgehead atoms. The number of para-hydroxylation sites is 1. The molecule has 1 aliphatic heterocycles. The van der Waals surface area contributed by atoms with Crippen molar-refractivity contribution < 1.29 is 9.53 Å². The van der Waals surface area contributed by atoms with Crippen molar-refractivity contribution >= 4 is 6.29 Å². The number of hydrogen-bond acceptors (Lipinski definition) is 5. The van der Waals surface area contributed by atoms with Crippen molar-refractivity contribution in [1.82, 2.24) is 24.3 Å². The van der Waals surface area contributed by atoms with Crippen LogP contribution in [0.1, 0.15) is 30.5 Å². The molecule has 122 valence electrons. The van der Waals surface area contributed by atoms with Gasteiger partial charge in [0.1, 0.15) is 23.9 Å². The first-order valence-corrected chi connectivity index (χ1v) is 7.89. The minimum absolute atomic E-state index is 0.0818. The second-order valence-electron chi connectivity index (χ2n) is 5.94. The second-order valence-corrected chi connectivity index (χ2v) is 5.94. The van der Waals surface area contributed by atoms with Gasteiger partial charge in [0.15, 0.2) is 12.1 Å². The zero-order valence-corrected chi connectivity index (χ0v) is 13.5. The molecule has 0 spiro atoms. The van der Waals surface area contributed by atoms with E-state index in [4.69, 9.17) is 9.72 Å². The van der Waals surface area contributed by atoms with Gasteiger partial charge in [-0.05, 0) is 26.0 Å². The van der Waals surface area contributed by atoms with Crippen molar-refractivity contribution in [3.05, 3.63) is 36.3 Å². The summed E-state index contributed by atoms with van der Waals surface area (Å²) < 4.78 is 9.57. The third-order valence-corrected chi connectivity index (χ3v) is 3.97. The molecule has 0 unspecified atom stereocenters. The number of aromatic nitrogens is 5. The average molecular weight is 323 g/mol. The van der Waals surface area contributed by atoms with E-state index in [0.717, 1.165) is 17.1 Å². The van der Waals surface area contributed by atoms with E-state index in [1.165, 1.54) is 0 Å². The Kier molecular flexibility index (Phi) is 3.41. The summed E-state index contributed by atoms with van der Waals surface area (Å²) in [6, 6.07) is 7.93. The molecule has 3 aromatic rings. The molecule has 7 heteroatoms. The van der Waals surface area contributed by atoms with Gasteiger partial charge in [0.05, 0.1) is 12.1 Å². The quantitative estimate of drug-likeness (QED) is 0.693. The topological polar surface area (TPSA) is 74.8 Å². The van der Waals surface area contributed by atoms with Gasteiger partial charge in [-0.25, -0.2) is 14.6 Å². The maximum atomic E-state index is 11.0. The zero-order valence-electron chi connectivity index (χ0n) is 13.5. The Balaban J connectivity index is 1.87. The average Bonchev–Trinajstić information content (AvgIpc) is 3.16. The van der Waals surface area contributed by atoms with Crippen LogP contribution in [0.2, 0.25) is 0 Å². The van der Waals surface area contributed by atoms with E-state index in [1.807, 2.05) is 44.3 Å². The lowest BCUT2D eigenvalue weighted by Crippen LogP contribution is -2.06. The number of nitrogens with zero attached hydrogens (tertiary/aromatic N) is 5. The highest BCUT2D eigenvalue weighted by molar-refractivity contribution is 5.71. The molecule has 7 nitrogen and oxygen atoms in total. The number of aldehydes is 1. The lowest BCUT2D eigenvalue weighted by molar-refractivity contribution is 0.111. The fourth-order valence-electron chi connectivity index (χ4n) is 2.86. The number of imidazole rings is 1. The fourth-order valence-corrected chi connectivity index (χ4v) is 2.86. The molecule has 3 heterocycles. The highest BCUT2D eigenvalue weighted by Gasteiger charge is 2.22. The molecule has 0 N–H and O–H groups in total. The SMILES string of the molecule is CC(C)n1nc(C=O)nc1-c1cn2c(n1)-c1ccccc1OCC2. The lowest BCUT2D eigenvalue weighted by Gasteiger charge is -2.07. The standard InChI is InChI=1S/C17H17N5O2/c1-11(2)22-17(19-15(10-23)20-22)13-9-21-7-8-24-14-6-4-3-5-12(14)16(21)18-13/h3-6,9-11H,7-8H2,1-2H3. The van der Waals surface area contributed by atoms with Crippen molar-refractivity contribution in [3.8, 4) is 28.7 Å². The van der Waals surface area contributed by atoms with Crippen LogP contribution < -0.4 is 4.74 Å². The maximum absolute atomic E-state index is 11.0. The maximum Gasteiger partial charge on any atom is 0.214 e.